The van der Waals surface area contributed by atoms with Gasteiger partial charge in [0, 0.05) is 13.3 Å². The molecule has 0 radical (unpaired) electrons. The number of aromatic nitrogens is 2. The maximum absolute atomic E-state index is 13.1. The number of benzene rings is 1. The van der Waals surface area contributed by atoms with Crippen molar-refractivity contribution in [1.29, 1.82) is 0 Å². The van der Waals surface area contributed by atoms with Gasteiger partial charge in [-0.25, -0.2) is 0 Å². The number of hydrogen-bond acceptors (Lipinski definition) is 3. The second kappa shape index (κ2) is 7.18. The maximum Gasteiger partial charge on any atom is 0.235 e. The third kappa shape index (κ3) is 3.22. The van der Waals surface area contributed by atoms with E-state index < -0.39 is 5.41 Å². The molecule has 1 aliphatic carbocycles. The van der Waals surface area contributed by atoms with Crippen molar-refractivity contribution in [2.75, 3.05) is 19.0 Å². The Morgan fingerprint density at radius 2 is 2.08 bits per heavy atom. The van der Waals surface area contributed by atoms with Crippen LogP contribution in [0.1, 0.15) is 36.8 Å². The van der Waals surface area contributed by atoms with Crippen LogP contribution in [0.25, 0.3) is 0 Å². The van der Waals surface area contributed by atoms with Gasteiger partial charge in [-0.2, -0.15) is 5.10 Å². The van der Waals surface area contributed by atoms with Crippen LogP contribution in [0.3, 0.4) is 0 Å². The second-order valence-electron chi connectivity index (χ2n) is 6.54. The Labute approximate surface area is 143 Å². The molecule has 3 rings (SSSR count). The van der Waals surface area contributed by atoms with Crippen LogP contribution in [0.4, 0.5) is 5.69 Å². The molecule has 5 heteroatoms. The molecule has 1 aromatic carbocycles. The SMILES string of the molecule is COCCn1cc(NC(=O)C2(c3ccccc3C)CCCC2)cn1. The Kier molecular flexibility index (Phi) is 5.00. The number of nitrogens with zero attached hydrogens (tertiary/aromatic N) is 2. The molecule has 0 saturated heterocycles. The topological polar surface area (TPSA) is 56.1 Å². The molecule has 1 saturated carbocycles. The summed E-state index contributed by atoms with van der Waals surface area (Å²) < 4.78 is 6.84. The summed E-state index contributed by atoms with van der Waals surface area (Å²) in [6.45, 7) is 3.36. The van der Waals surface area contributed by atoms with Gasteiger partial charge in [0.25, 0.3) is 0 Å². The lowest BCUT2D eigenvalue weighted by molar-refractivity contribution is -0.121. The van der Waals surface area contributed by atoms with E-state index in [4.69, 9.17) is 4.74 Å². The van der Waals surface area contributed by atoms with Gasteiger partial charge in [0.2, 0.25) is 5.91 Å². The normalized spacial score (nSPS) is 16.2. The number of nitrogens with one attached hydrogen (secondary N) is 1. The minimum absolute atomic E-state index is 0.0839. The fraction of sp³-hybridized carbons (Fsp3) is 0.474. The van der Waals surface area contributed by atoms with Crippen LogP contribution in [0.15, 0.2) is 36.7 Å². The zero-order chi connectivity index (χ0) is 17.0. The van der Waals surface area contributed by atoms with Gasteiger partial charge in [-0.05, 0) is 30.9 Å². The molecule has 0 aliphatic heterocycles. The van der Waals surface area contributed by atoms with Crippen molar-refractivity contribution in [3.8, 4) is 0 Å². The van der Waals surface area contributed by atoms with E-state index in [1.807, 2.05) is 18.3 Å². The molecule has 0 unspecified atom stereocenters. The predicted molar refractivity (Wildman–Crippen MR) is 94.1 cm³/mol. The molecular weight excluding hydrogens is 302 g/mol. The average Bonchev–Trinajstić information content (AvgIpc) is 3.23. The first kappa shape index (κ1) is 16.7. The van der Waals surface area contributed by atoms with Crippen molar-refractivity contribution in [3.05, 3.63) is 47.8 Å². The summed E-state index contributed by atoms with van der Waals surface area (Å²) >= 11 is 0. The number of aryl methyl sites for hydroxylation is 1. The Morgan fingerprint density at radius 3 is 2.79 bits per heavy atom. The summed E-state index contributed by atoms with van der Waals surface area (Å²) in [6.07, 6.45) is 7.55. The molecule has 0 atom stereocenters. The van der Waals surface area contributed by atoms with Crippen molar-refractivity contribution < 1.29 is 9.53 Å². The number of hydrogen-bond donors (Lipinski definition) is 1. The number of carbonyl (C=O) groups is 1. The third-order valence-electron chi connectivity index (χ3n) is 4.97. The monoisotopic (exact) mass is 327 g/mol. The molecular formula is C19H25N3O2. The maximum atomic E-state index is 13.1. The van der Waals surface area contributed by atoms with Gasteiger partial charge in [0.15, 0.2) is 0 Å². The summed E-state index contributed by atoms with van der Waals surface area (Å²) in [5.74, 6) is 0.0839. The number of rotatable bonds is 6. The molecule has 0 spiro atoms. The standard InChI is InChI=1S/C19H25N3O2/c1-15-7-3-4-8-17(15)19(9-5-6-10-19)18(23)21-16-13-20-22(14-16)11-12-24-2/h3-4,7-8,13-14H,5-6,9-12H2,1-2H3,(H,21,23). The summed E-state index contributed by atoms with van der Waals surface area (Å²) in [7, 11) is 1.66. The van der Waals surface area contributed by atoms with Crippen LogP contribution >= 0.6 is 0 Å². The highest BCUT2D eigenvalue weighted by Gasteiger charge is 2.43. The van der Waals surface area contributed by atoms with E-state index in [9.17, 15) is 4.79 Å². The van der Waals surface area contributed by atoms with E-state index in [2.05, 4.69) is 29.5 Å². The molecule has 1 aromatic heterocycles. The first-order valence-electron chi connectivity index (χ1n) is 8.55. The van der Waals surface area contributed by atoms with Crippen molar-refractivity contribution in [2.45, 2.75) is 44.6 Å². The second-order valence-corrected chi connectivity index (χ2v) is 6.54. The zero-order valence-electron chi connectivity index (χ0n) is 14.4. The Bertz CT molecular complexity index is 702. The smallest absolute Gasteiger partial charge is 0.235 e. The summed E-state index contributed by atoms with van der Waals surface area (Å²) in [5.41, 5.74) is 2.67. The number of ether oxygens (including phenoxy) is 1. The number of anilines is 1. The average molecular weight is 327 g/mol. The molecule has 2 aromatic rings. The molecule has 0 bridgehead atoms. The first-order chi connectivity index (χ1) is 11.7. The van der Waals surface area contributed by atoms with Gasteiger partial charge in [0.05, 0.1) is 30.5 Å². The van der Waals surface area contributed by atoms with Crippen molar-refractivity contribution in [3.63, 3.8) is 0 Å². The molecule has 128 valence electrons. The van der Waals surface area contributed by atoms with Gasteiger partial charge in [-0.1, -0.05) is 37.1 Å². The lowest BCUT2D eigenvalue weighted by atomic mass is 9.76. The van der Waals surface area contributed by atoms with Gasteiger partial charge in [0.1, 0.15) is 0 Å². The lowest BCUT2D eigenvalue weighted by Crippen LogP contribution is -2.38. The van der Waals surface area contributed by atoms with E-state index in [0.717, 1.165) is 36.9 Å². The van der Waals surface area contributed by atoms with Gasteiger partial charge in [-0.3, -0.25) is 9.48 Å². The highest BCUT2D eigenvalue weighted by molar-refractivity contribution is 5.99. The fourth-order valence-electron chi connectivity index (χ4n) is 3.69. The predicted octanol–water partition coefficient (Wildman–Crippen LogP) is 3.29. The van der Waals surface area contributed by atoms with Crippen LogP contribution in [-0.4, -0.2) is 29.4 Å². The quantitative estimate of drug-likeness (QED) is 0.886. The van der Waals surface area contributed by atoms with Gasteiger partial charge >= 0.3 is 0 Å². The lowest BCUT2D eigenvalue weighted by Gasteiger charge is -2.29. The summed E-state index contributed by atoms with van der Waals surface area (Å²) in [6, 6.07) is 8.24. The van der Waals surface area contributed by atoms with Crippen LogP contribution in [-0.2, 0) is 21.5 Å². The van der Waals surface area contributed by atoms with E-state index in [1.165, 1.54) is 5.56 Å². The minimum atomic E-state index is -0.417. The van der Waals surface area contributed by atoms with Gasteiger partial charge in [-0.15, -0.1) is 0 Å². The largest absolute Gasteiger partial charge is 0.383 e. The van der Waals surface area contributed by atoms with E-state index in [0.29, 0.717) is 13.2 Å². The Balaban J connectivity index is 1.81. The summed E-state index contributed by atoms with van der Waals surface area (Å²) in [4.78, 5) is 13.1. The minimum Gasteiger partial charge on any atom is -0.383 e. The summed E-state index contributed by atoms with van der Waals surface area (Å²) in [5, 5.41) is 7.35. The Hall–Kier alpha value is -2.14. The van der Waals surface area contributed by atoms with E-state index in [1.54, 1.807) is 18.0 Å². The molecule has 1 amide bonds. The highest BCUT2D eigenvalue weighted by Crippen LogP contribution is 2.43. The molecule has 1 heterocycles. The molecule has 24 heavy (non-hydrogen) atoms. The van der Waals surface area contributed by atoms with Crippen LogP contribution < -0.4 is 5.32 Å². The third-order valence-corrected chi connectivity index (χ3v) is 4.97. The molecule has 5 nitrogen and oxygen atoms in total. The van der Waals surface area contributed by atoms with Gasteiger partial charge < -0.3 is 10.1 Å². The van der Waals surface area contributed by atoms with Crippen molar-refractivity contribution in [1.82, 2.24) is 9.78 Å². The number of methoxy groups -OCH3 is 1. The van der Waals surface area contributed by atoms with Crippen LogP contribution in [0, 0.1) is 6.92 Å². The zero-order valence-corrected chi connectivity index (χ0v) is 14.4. The van der Waals surface area contributed by atoms with Crippen molar-refractivity contribution >= 4 is 11.6 Å². The fourth-order valence-corrected chi connectivity index (χ4v) is 3.69. The van der Waals surface area contributed by atoms with Crippen LogP contribution in [0.2, 0.25) is 0 Å². The van der Waals surface area contributed by atoms with Crippen molar-refractivity contribution in [2.24, 2.45) is 0 Å². The first-order valence-corrected chi connectivity index (χ1v) is 8.55. The number of carbonyl (C=O) groups excluding carboxylic acids is 1. The van der Waals surface area contributed by atoms with Crippen LogP contribution in [0.5, 0.6) is 0 Å². The number of amides is 1. The molecule has 1 N–H and O–H groups in total. The highest BCUT2D eigenvalue weighted by atomic mass is 16.5. The molecule has 1 fully saturated rings. The van der Waals surface area contributed by atoms with E-state index >= 15 is 0 Å². The Morgan fingerprint density at radius 1 is 1.33 bits per heavy atom. The van der Waals surface area contributed by atoms with E-state index in [-0.39, 0.29) is 5.91 Å². The molecule has 1 aliphatic rings.